The number of aliphatic hydroxyl groups is 1. The highest BCUT2D eigenvalue weighted by Crippen LogP contribution is 2.35. The zero-order valence-corrected chi connectivity index (χ0v) is 13.2. The van der Waals surface area contributed by atoms with Crippen molar-refractivity contribution < 1.29 is 14.6 Å². The van der Waals surface area contributed by atoms with Gasteiger partial charge in [0.2, 0.25) is 0 Å². The van der Waals surface area contributed by atoms with E-state index in [1.165, 1.54) is 0 Å². The van der Waals surface area contributed by atoms with Crippen molar-refractivity contribution in [2.75, 3.05) is 11.9 Å². The van der Waals surface area contributed by atoms with Crippen LogP contribution in [0.15, 0.2) is 42.5 Å². The van der Waals surface area contributed by atoms with E-state index in [1.54, 1.807) is 24.3 Å². The number of aliphatic hydroxyl groups excluding tert-OH is 1. The molecule has 24 heavy (non-hydrogen) atoms. The molecule has 1 aliphatic carbocycles. The van der Waals surface area contributed by atoms with Gasteiger partial charge in [0.25, 0.3) is 5.91 Å². The van der Waals surface area contributed by atoms with E-state index in [0.717, 1.165) is 30.4 Å². The van der Waals surface area contributed by atoms with Crippen molar-refractivity contribution in [3.63, 3.8) is 0 Å². The summed E-state index contributed by atoms with van der Waals surface area (Å²) in [5, 5.41) is 21.5. The van der Waals surface area contributed by atoms with Gasteiger partial charge in [0.15, 0.2) is 6.61 Å². The molecule has 3 rings (SSSR count). The number of carbonyl (C=O) groups excluding carboxylic acids is 1. The second-order valence-electron chi connectivity index (χ2n) is 5.76. The lowest BCUT2D eigenvalue weighted by Crippen LogP contribution is -2.21. The SMILES string of the molecule is N#Cc1ccc(NC(=O)COc2cccc3c2CCC[C@@H]3O)cc1. The molecule has 2 N–H and O–H groups in total. The predicted octanol–water partition coefficient (Wildman–Crippen LogP) is 2.95. The summed E-state index contributed by atoms with van der Waals surface area (Å²) >= 11 is 0. The lowest BCUT2D eigenvalue weighted by atomic mass is 9.89. The normalized spacial score (nSPS) is 15.9. The summed E-state index contributed by atoms with van der Waals surface area (Å²) in [6.07, 6.45) is 2.06. The molecular weight excluding hydrogens is 304 g/mol. The smallest absolute Gasteiger partial charge is 0.262 e. The van der Waals surface area contributed by atoms with Crippen molar-refractivity contribution in [2.24, 2.45) is 0 Å². The van der Waals surface area contributed by atoms with Crippen LogP contribution in [0.5, 0.6) is 5.75 Å². The minimum atomic E-state index is -0.454. The topological polar surface area (TPSA) is 82.4 Å². The van der Waals surface area contributed by atoms with Crippen molar-refractivity contribution in [3.8, 4) is 11.8 Å². The Bertz CT molecular complexity index is 778. The van der Waals surface area contributed by atoms with Gasteiger partial charge in [0, 0.05) is 5.69 Å². The number of nitriles is 1. The van der Waals surface area contributed by atoms with E-state index in [-0.39, 0.29) is 12.5 Å². The summed E-state index contributed by atoms with van der Waals surface area (Å²) in [7, 11) is 0. The van der Waals surface area contributed by atoms with Crippen LogP contribution in [0.1, 0.15) is 35.6 Å². The van der Waals surface area contributed by atoms with E-state index < -0.39 is 6.10 Å². The van der Waals surface area contributed by atoms with E-state index in [4.69, 9.17) is 10.00 Å². The Kier molecular flexibility index (Phi) is 4.78. The van der Waals surface area contributed by atoms with Gasteiger partial charge in [-0.1, -0.05) is 12.1 Å². The molecule has 1 amide bonds. The number of hydrogen-bond acceptors (Lipinski definition) is 4. The molecule has 0 aromatic heterocycles. The second-order valence-corrected chi connectivity index (χ2v) is 5.76. The number of carbonyl (C=O) groups is 1. The molecule has 0 radical (unpaired) electrons. The zero-order chi connectivity index (χ0) is 16.9. The fourth-order valence-electron chi connectivity index (χ4n) is 2.89. The highest BCUT2D eigenvalue weighted by Gasteiger charge is 2.21. The summed E-state index contributed by atoms with van der Waals surface area (Å²) in [4.78, 5) is 12.0. The largest absolute Gasteiger partial charge is 0.483 e. The third-order valence-corrected chi connectivity index (χ3v) is 4.09. The number of hydrogen-bond donors (Lipinski definition) is 2. The van der Waals surface area contributed by atoms with Crippen molar-refractivity contribution in [2.45, 2.75) is 25.4 Å². The van der Waals surface area contributed by atoms with Crippen LogP contribution in [0.3, 0.4) is 0 Å². The third kappa shape index (κ3) is 3.55. The fraction of sp³-hybridized carbons (Fsp3) is 0.263. The minimum absolute atomic E-state index is 0.105. The predicted molar refractivity (Wildman–Crippen MR) is 89.6 cm³/mol. The molecule has 122 valence electrons. The van der Waals surface area contributed by atoms with Gasteiger partial charge >= 0.3 is 0 Å². The summed E-state index contributed by atoms with van der Waals surface area (Å²) in [5.41, 5.74) is 3.04. The number of rotatable bonds is 4. The Balaban J connectivity index is 1.62. The fourth-order valence-corrected chi connectivity index (χ4v) is 2.89. The van der Waals surface area contributed by atoms with Gasteiger partial charge in [-0.05, 0) is 60.7 Å². The Morgan fingerprint density at radius 2 is 2.08 bits per heavy atom. The molecule has 1 aliphatic rings. The van der Waals surface area contributed by atoms with Crippen molar-refractivity contribution >= 4 is 11.6 Å². The van der Waals surface area contributed by atoms with Crippen molar-refractivity contribution in [3.05, 3.63) is 59.2 Å². The molecule has 5 heteroatoms. The number of ether oxygens (including phenoxy) is 1. The Morgan fingerprint density at radius 1 is 1.29 bits per heavy atom. The van der Waals surface area contributed by atoms with Crippen LogP contribution in [-0.4, -0.2) is 17.6 Å². The van der Waals surface area contributed by atoms with Crippen LogP contribution < -0.4 is 10.1 Å². The maximum absolute atomic E-state index is 12.0. The first-order valence-electron chi connectivity index (χ1n) is 7.90. The lowest BCUT2D eigenvalue weighted by molar-refractivity contribution is -0.118. The molecule has 0 heterocycles. The Hall–Kier alpha value is -2.84. The summed E-state index contributed by atoms with van der Waals surface area (Å²) < 4.78 is 5.66. The molecule has 0 fully saturated rings. The molecule has 0 unspecified atom stereocenters. The van der Waals surface area contributed by atoms with Gasteiger partial charge in [-0.2, -0.15) is 5.26 Å². The molecule has 0 aliphatic heterocycles. The van der Waals surface area contributed by atoms with Gasteiger partial charge in [0.1, 0.15) is 5.75 Å². The number of benzene rings is 2. The Labute approximate surface area is 140 Å². The molecule has 0 saturated heterocycles. The summed E-state index contributed by atoms with van der Waals surface area (Å²) in [5.74, 6) is 0.384. The molecule has 5 nitrogen and oxygen atoms in total. The second kappa shape index (κ2) is 7.16. The van der Waals surface area contributed by atoms with Crippen LogP contribution in [-0.2, 0) is 11.2 Å². The minimum Gasteiger partial charge on any atom is -0.483 e. The zero-order valence-electron chi connectivity index (χ0n) is 13.2. The quantitative estimate of drug-likeness (QED) is 0.906. The monoisotopic (exact) mass is 322 g/mol. The Morgan fingerprint density at radius 3 is 2.83 bits per heavy atom. The number of fused-ring (bicyclic) bond motifs is 1. The number of nitrogens with zero attached hydrogens (tertiary/aromatic N) is 1. The molecule has 0 spiro atoms. The van der Waals surface area contributed by atoms with Crippen molar-refractivity contribution in [1.29, 1.82) is 5.26 Å². The van der Waals surface area contributed by atoms with E-state index in [1.807, 2.05) is 24.3 Å². The summed E-state index contributed by atoms with van der Waals surface area (Å²) in [6.45, 7) is -0.105. The first-order chi connectivity index (χ1) is 11.7. The van der Waals surface area contributed by atoms with Gasteiger partial charge in [0.05, 0.1) is 17.7 Å². The average molecular weight is 322 g/mol. The number of nitrogens with one attached hydrogen (secondary N) is 1. The summed E-state index contributed by atoms with van der Waals surface area (Å²) in [6, 6.07) is 14.2. The molecule has 0 bridgehead atoms. The lowest BCUT2D eigenvalue weighted by Gasteiger charge is -2.23. The molecule has 1 atom stereocenters. The van der Waals surface area contributed by atoms with Gasteiger partial charge in [-0.15, -0.1) is 0 Å². The van der Waals surface area contributed by atoms with Crippen LogP contribution in [0.25, 0.3) is 0 Å². The molecule has 0 saturated carbocycles. The molecular formula is C19H18N2O3. The maximum atomic E-state index is 12.0. The van der Waals surface area contributed by atoms with E-state index in [2.05, 4.69) is 5.32 Å². The third-order valence-electron chi connectivity index (χ3n) is 4.09. The van der Waals surface area contributed by atoms with Crippen LogP contribution in [0.2, 0.25) is 0 Å². The first-order valence-corrected chi connectivity index (χ1v) is 7.90. The number of amides is 1. The van der Waals surface area contributed by atoms with E-state index in [0.29, 0.717) is 17.0 Å². The molecule has 2 aromatic rings. The number of anilines is 1. The van der Waals surface area contributed by atoms with Crippen LogP contribution in [0.4, 0.5) is 5.69 Å². The van der Waals surface area contributed by atoms with Crippen LogP contribution in [0, 0.1) is 11.3 Å². The first kappa shape index (κ1) is 16.0. The van der Waals surface area contributed by atoms with Gasteiger partial charge in [-0.3, -0.25) is 4.79 Å². The average Bonchev–Trinajstić information content (AvgIpc) is 2.61. The van der Waals surface area contributed by atoms with Crippen LogP contribution >= 0.6 is 0 Å². The van der Waals surface area contributed by atoms with E-state index >= 15 is 0 Å². The van der Waals surface area contributed by atoms with Gasteiger partial charge < -0.3 is 15.2 Å². The van der Waals surface area contributed by atoms with E-state index in [9.17, 15) is 9.90 Å². The van der Waals surface area contributed by atoms with Crippen molar-refractivity contribution in [1.82, 2.24) is 0 Å². The van der Waals surface area contributed by atoms with Gasteiger partial charge in [-0.25, -0.2) is 0 Å². The highest BCUT2D eigenvalue weighted by atomic mass is 16.5. The maximum Gasteiger partial charge on any atom is 0.262 e. The highest BCUT2D eigenvalue weighted by molar-refractivity contribution is 5.91. The standard InChI is InChI=1S/C19H18N2O3/c20-11-13-7-9-14(10-8-13)21-19(23)12-24-18-6-2-3-15-16(18)4-1-5-17(15)22/h2-3,6-10,17,22H,1,4-5,12H2,(H,21,23)/t17-/m0/s1. The molecule has 2 aromatic carbocycles.